The minimum absolute atomic E-state index is 0.0482. The van der Waals surface area contributed by atoms with Gasteiger partial charge in [-0.25, -0.2) is 4.39 Å². The Kier molecular flexibility index (Phi) is 5.40. The fourth-order valence-electron chi connectivity index (χ4n) is 4.11. The van der Waals surface area contributed by atoms with Crippen LogP contribution in [0.5, 0.6) is 0 Å². The molecule has 3 heterocycles. The number of carbonyl (C=O) groups excluding carboxylic acids is 1. The number of likely N-dealkylation sites (tertiary alicyclic amines) is 2. The molecule has 1 aromatic carbocycles. The Labute approximate surface area is 163 Å². The van der Waals surface area contributed by atoms with Crippen molar-refractivity contribution in [1.29, 1.82) is 5.26 Å². The van der Waals surface area contributed by atoms with Crippen LogP contribution in [0.3, 0.4) is 0 Å². The molecule has 1 aromatic heterocycles. The number of amides is 1. The number of benzene rings is 1. The summed E-state index contributed by atoms with van der Waals surface area (Å²) in [4.78, 5) is 20.1. The smallest absolute Gasteiger partial charge is 0.237 e. The lowest BCUT2D eigenvalue weighted by Gasteiger charge is -2.33. The fraction of sp³-hybridized carbons (Fsp3) is 0.476. The SMILES string of the molecule is N#C[C@@H]1C[C@H](F)CN1C(=O)CN1CCC(Nc2ccc3cnccc3c2)CC1. The summed E-state index contributed by atoms with van der Waals surface area (Å²) in [6.45, 7) is 1.93. The molecule has 1 N–H and O–H groups in total. The van der Waals surface area contributed by atoms with Crippen LogP contribution in [0.2, 0.25) is 0 Å². The topological polar surface area (TPSA) is 72.3 Å². The average molecular weight is 381 g/mol. The molecule has 6 nitrogen and oxygen atoms in total. The Bertz CT molecular complexity index is 890. The number of anilines is 1. The van der Waals surface area contributed by atoms with Gasteiger partial charge in [0.2, 0.25) is 5.91 Å². The number of pyridine rings is 1. The van der Waals surface area contributed by atoms with Crippen molar-refractivity contribution in [2.75, 3.05) is 31.5 Å². The van der Waals surface area contributed by atoms with Gasteiger partial charge in [-0.1, -0.05) is 6.07 Å². The van der Waals surface area contributed by atoms with Crippen molar-refractivity contribution >= 4 is 22.4 Å². The van der Waals surface area contributed by atoms with Crippen LogP contribution >= 0.6 is 0 Å². The van der Waals surface area contributed by atoms with Gasteiger partial charge in [-0.15, -0.1) is 0 Å². The van der Waals surface area contributed by atoms with Gasteiger partial charge in [-0.05, 0) is 36.4 Å². The van der Waals surface area contributed by atoms with Crippen LogP contribution in [0.4, 0.5) is 10.1 Å². The number of alkyl halides is 1. The van der Waals surface area contributed by atoms with E-state index in [2.05, 4.69) is 33.4 Å². The van der Waals surface area contributed by atoms with Gasteiger partial charge in [0.05, 0.1) is 19.2 Å². The first-order valence-electron chi connectivity index (χ1n) is 9.78. The zero-order chi connectivity index (χ0) is 19.5. The zero-order valence-corrected chi connectivity index (χ0v) is 15.7. The normalized spacial score (nSPS) is 23.6. The number of hydrogen-bond donors (Lipinski definition) is 1. The van der Waals surface area contributed by atoms with Gasteiger partial charge in [0.15, 0.2) is 0 Å². The Morgan fingerprint density at radius 2 is 2.11 bits per heavy atom. The third-order valence-corrected chi connectivity index (χ3v) is 5.68. The molecule has 2 aromatic rings. The van der Waals surface area contributed by atoms with Crippen molar-refractivity contribution < 1.29 is 9.18 Å². The summed E-state index contributed by atoms with van der Waals surface area (Å²) in [5.41, 5.74) is 1.09. The number of carbonyl (C=O) groups is 1. The summed E-state index contributed by atoms with van der Waals surface area (Å²) < 4.78 is 13.5. The standard InChI is InChI=1S/C21H24FN5O/c22-17-10-20(11-23)27(13-17)21(28)14-26-7-4-18(5-8-26)25-19-2-1-16-12-24-6-3-15(16)9-19/h1-3,6,9,12,17-18,20,25H,4-5,7-8,10,13-14H2/t17-,20-/m0/s1. The monoisotopic (exact) mass is 381 g/mol. The zero-order valence-electron chi connectivity index (χ0n) is 15.7. The number of piperidine rings is 1. The van der Waals surface area contributed by atoms with E-state index < -0.39 is 12.2 Å². The van der Waals surface area contributed by atoms with Crippen molar-refractivity contribution in [3.05, 3.63) is 36.7 Å². The highest BCUT2D eigenvalue weighted by molar-refractivity contribution is 5.84. The minimum Gasteiger partial charge on any atom is -0.382 e. The first kappa shape index (κ1) is 18.6. The van der Waals surface area contributed by atoms with Gasteiger partial charge < -0.3 is 10.2 Å². The van der Waals surface area contributed by atoms with Crippen LogP contribution in [-0.2, 0) is 4.79 Å². The fourth-order valence-corrected chi connectivity index (χ4v) is 4.11. The first-order chi connectivity index (χ1) is 13.6. The molecule has 1 amide bonds. The lowest BCUT2D eigenvalue weighted by Crippen LogP contribution is -2.46. The molecule has 0 unspecified atom stereocenters. The molecule has 2 fully saturated rings. The molecule has 0 aliphatic carbocycles. The van der Waals surface area contributed by atoms with Gasteiger partial charge in [-0.3, -0.25) is 14.7 Å². The molecule has 2 saturated heterocycles. The summed E-state index contributed by atoms with van der Waals surface area (Å²) in [5.74, 6) is -0.138. The number of hydrogen-bond acceptors (Lipinski definition) is 5. The molecule has 4 rings (SSSR count). The Hall–Kier alpha value is -2.72. The summed E-state index contributed by atoms with van der Waals surface area (Å²) in [6, 6.07) is 10.1. The molecular formula is C21H24FN5O. The van der Waals surface area contributed by atoms with Crippen molar-refractivity contribution in [2.24, 2.45) is 0 Å². The maximum Gasteiger partial charge on any atom is 0.237 e. The molecule has 0 bridgehead atoms. The number of nitrogens with zero attached hydrogens (tertiary/aromatic N) is 4. The minimum atomic E-state index is -1.08. The van der Waals surface area contributed by atoms with Crippen LogP contribution in [0.15, 0.2) is 36.7 Å². The Morgan fingerprint density at radius 1 is 1.29 bits per heavy atom. The maximum absolute atomic E-state index is 13.5. The highest BCUT2D eigenvalue weighted by atomic mass is 19.1. The third kappa shape index (κ3) is 4.07. The second kappa shape index (κ2) is 8.11. The number of fused-ring (bicyclic) bond motifs is 1. The molecule has 2 atom stereocenters. The van der Waals surface area contributed by atoms with E-state index >= 15 is 0 Å². The van der Waals surface area contributed by atoms with E-state index in [9.17, 15) is 9.18 Å². The molecular weight excluding hydrogens is 357 g/mol. The average Bonchev–Trinajstić information content (AvgIpc) is 3.10. The molecule has 2 aliphatic heterocycles. The number of aromatic nitrogens is 1. The van der Waals surface area contributed by atoms with Crippen LogP contribution < -0.4 is 5.32 Å². The third-order valence-electron chi connectivity index (χ3n) is 5.68. The van der Waals surface area contributed by atoms with Crippen molar-refractivity contribution in [3.63, 3.8) is 0 Å². The number of rotatable bonds is 4. The Balaban J connectivity index is 1.28. The van der Waals surface area contributed by atoms with E-state index in [-0.39, 0.29) is 25.4 Å². The van der Waals surface area contributed by atoms with Crippen molar-refractivity contribution in [3.8, 4) is 6.07 Å². The molecule has 0 saturated carbocycles. The van der Waals surface area contributed by atoms with Crippen LogP contribution in [-0.4, -0.2) is 65.1 Å². The summed E-state index contributed by atoms with van der Waals surface area (Å²) in [6.07, 6.45) is 4.59. The molecule has 2 aliphatic rings. The predicted octanol–water partition coefficient (Wildman–Crippen LogP) is 2.57. The second-order valence-electron chi connectivity index (χ2n) is 7.66. The highest BCUT2D eigenvalue weighted by Gasteiger charge is 2.36. The number of halogens is 1. The molecule has 146 valence electrons. The molecule has 28 heavy (non-hydrogen) atoms. The van der Waals surface area contributed by atoms with Gasteiger partial charge >= 0.3 is 0 Å². The van der Waals surface area contributed by atoms with Gasteiger partial charge in [0, 0.05) is 49.0 Å². The number of nitrogens with one attached hydrogen (secondary N) is 1. The Morgan fingerprint density at radius 3 is 2.89 bits per heavy atom. The van der Waals surface area contributed by atoms with E-state index in [4.69, 9.17) is 5.26 Å². The van der Waals surface area contributed by atoms with E-state index in [1.54, 1.807) is 6.20 Å². The highest BCUT2D eigenvalue weighted by Crippen LogP contribution is 2.23. The molecule has 0 radical (unpaired) electrons. The van der Waals surface area contributed by atoms with E-state index in [0.29, 0.717) is 6.04 Å². The van der Waals surface area contributed by atoms with Gasteiger partial charge in [0.25, 0.3) is 0 Å². The predicted molar refractivity (Wildman–Crippen MR) is 105 cm³/mol. The van der Waals surface area contributed by atoms with Crippen molar-refractivity contribution in [1.82, 2.24) is 14.8 Å². The van der Waals surface area contributed by atoms with Crippen LogP contribution in [0, 0.1) is 11.3 Å². The maximum atomic E-state index is 13.5. The van der Waals surface area contributed by atoms with Gasteiger partial charge in [-0.2, -0.15) is 5.26 Å². The largest absolute Gasteiger partial charge is 0.382 e. The lowest BCUT2D eigenvalue weighted by molar-refractivity contribution is -0.132. The summed E-state index contributed by atoms with van der Waals surface area (Å²) >= 11 is 0. The van der Waals surface area contributed by atoms with E-state index in [0.717, 1.165) is 42.4 Å². The summed E-state index contributed by atoms with van der Waals surface area (Å²) in [5, 5.41) is 15.0. The second-order valence-corrected chi connectivity index (χ2v) is 7.66. The number of nitriles is 1. The lowest BCUT2D eigenvalue weighted by atomic mass is 10.0. The summed E-state index contributed by atoms with van der Waals surface area (Å²) in [7, 11) is 0. The van der Waals surface area contributed by atoms with Crippen LogP contribution in [0.25, 0.3) is 10.8 Å². The molecule has 7 heteroatoms. The van der Waals surface area contributed by atoms with Crippen molar-refractivity contribution in [2.45, 2.75) is 37.5 Å². The first-order valence-corrected chi connectivity index (χ1v) is 9.78. The quantitative estimate of drug-likeness (QED) is 0.881. The molecule has 0 spiro atoms. The van der Waals surface area contributed by atoms with E-state index in [1.165, 1.54) is 4.90 Å². The van der Waals surface area contributed by atoms with Crippen LogP contribution in [0.1, 0.15) is 19.3 Å². The van der Waals surface area contributed by atoms with Gasteiger partial charge in [0.1, 0.15) is 12.2 Å². The van der Waals surface area contributed by atoms with E-state index in [1.807, 2.05) is 18.3 Å².